The van der Waals surface area contributed by atoms with E-state index in [0.29, 0.717) is 5.04 Å². The van der Waals surface area contributed by atoms with Gasteiger partial charge in [-0.25, -0.2) is 0 Å². The Balaban J connectivity index is 2.26. The minimum absolute atomic E-state index is 0.323. The molecule has 0 aliphatic heterocycles. The van der Waals surface area contributed by atoms with Crippen LogP contribution in [0.25, 0.3) is 0 Å². The zero-order valence-corrected chi connectivity index (χ0v) is 16.3. The van der Waals surface area contributed by atoms with Crippen molar-refractivity contribution in [1.29, 1.82) is 0 Å². The fourth-order valence-corrected chi connectivity index (χ4v) is 3.72. The summed E-state index contributed by atoms with van der Waals surface area (Å²) in [5.74, 6) is 0.722. The number of rotatable bonds is 7. The van der Waals surface area contributed by atoms with Gasteiger partial charge in [0.2, 0.25) is 0 Å². The second-order valence-electron chi connectivity index (χ2n) is 8.13. The van der Waals surface area contributed by atoms with Gasteiger partial charge in [-0.2, -0.15) is 5.10 Å². The van der Waals surface area contributed by atoms with Gasteiger partial charge in [-0.1, -0.05) is 27.2 Å². The summed E-state index contributed by atoms with van der Waals surface area (Å²) in [6.45, 7) is 12.5. The van der Waals surface area contributed by atoms with Crippen LogP contribution in [0.4, 0.5) is 0 Å². The molecule has 0 N–H and O–H groups in total. The molecule has 0 aromatic rings. The third-order valence-corrected chi connectivity index (χ3v) is 9.54. The van der Waals surface area contributed by atoms with Gasteiger partial charge >= 0.3 is 0 Å². The van der Waals surface area contributed by atoms with E-state index in [1.807, 2.05) is 19.1 Å². The number of unbranched alkanes of at least 4 members (excludes halogenated alkanes) is 1. The number of hydrazone groups is 1. The molecule has 0 bridgehead atoms. The van der Waals surface area contributed by atoms with Crippen molar-refractivity contribution in [2.75, 3.05) is 20.7 Å². The molecule has 0 heterocycles. The molecule has 0 aromatic carbocycles. The topological polar surface area (TPSA) is 24.8 Å². The first-order valence-corrected chi connectivity index (χ1v) is 11.4. The van der Waals surface area contributed by atoms with Crippen molar-refractivity contribution in [3.05, 3.63) is 0 Å². The third-order valence-electron chi connectivity index (χ3n) is 5.00. The maximum Gasteiger partial charge on any atom is 0.191 e. The lowest BCUT2D eigenvalue weighted by Gasteiger charge is -2.36. The number of hydrogen-bond acceptors (Lipinski definition) is 3. The molecule has 0 amide bonds. The molecule has 0 saturated heterocycles. The molecular weight excluding hydrogens is 276 g/mol. The van der Waals surface area contributed by atoms with E-state index in [-0.39, 0.29) is 0 Å². The van der Waals surface area contributed by atoms with Crippen LogP contribution in [0.2, 0.25) is 18.1 Å². The van der Waals surface area contributed by atoms with Crippen LogP contribution in [-0.2, 0) is 4.43 Å². The van der Waals surface area contributed by atoms with Crippen molar-refractivity contribution >= 4 is 14.0 Å². The Hall–Kier alpha value is -0.353. The Bertz CT molecular complexity index is 345. The minimum Gasteiger partial charge on any atom is -0.417 e. The van der Waals surface area contributed by atoms with Gasteiger partial charge in [0.1, 0.15) is 0 Å². The molecule has 1 aliphatic carbocycles. The predicted octanol–water partition coefficient (Wildman–Crippen LogP) is 4.90. The average molecular weight is 313 g/mol. The fraction of sp³-hybridized carbons (Fsp3) is 0.941. The molecule has 124 valence electrons. The van der Waals surface area contributed by atoms with Crippen LogP contribution in [0.15, 0.2) is 5.10 Å². The van der Waals surface area contributed by atoms with Gasteiger partial charge in [0, 0.05) is 26.4 Å². The molecular formula is C17H36N2OSi. The van der Waals surface area contributed by atoms with E-state index in [4.69, 9.17) is 4.43 Å². The van der Waals surface area contributed by atoms with Crippen LogP contribution in [0, 0.1) is 5.92 Å². The Morgan fingerprint density at radius 2 is 1.90 bits per heavy atom. The molecule has 0 aromatic heterocycles. The van der Waals surface area contributed by atoms with Gasteiger partial charge in [-0.3, -0.25) is 0 Å². The van der Waals surface area contributed by atoms with Crippen LogP contribution < -0.4 is 0 Å². The predicted molar refractivity (Wildman–Crippen MR) is 95.5 cm³/mol. The standard InChI is InChI=1S/C17H36N2OSi/c1-17(2,3)21(6,7)20-14-9-8-11-15-12-10-13-16(15)18-19(4)5/h15H,8-14H2,1-7H3/b18-16+. The quantitative estimate of drug-likeness (QED) is 0.379. The highest BCUT2D eigenvalue weighted by Gasteiger charge is 2.36. The summed E-state index contributed by atoms with van der Waals surface area (Å²) in [6.07, 6.45) is 7.59. The van der Waals surface area contributed by atoms with E-state index in [1.54, 1.807) is 0 Å². The summed E-state index contributed by atoms with van der Waals surface area (Å²) >= 11 is 0. The van der Waals surface area contributed by atoms with Crippen LogP contribution >= 0.6 is 0 Å². The van der Waals surface area contributed by atoms with Crippen molar-refractivity contribution < 1.29 is 4.43 Å². The van der Waals surface area contributed by atoms with E-state index in [0.717, 1.165) is 12.5 Å². The number of nitrogens with zero attached hydrogens (tertiary/aromatic N) is 2. The SMILES string of the molecule is CN(C)/N=C1\CCCC1CCCCO[Si](C)(C)C(C)(C)C. The highest BCUT2D eigenvalue weighted by atomic mass is 28.4. The first kappa shape index (κ1) is 18.7. The van der Waals surface area contributed by atoms with Crippen molar-refractivity contribution in [2.24, 2.45) is 11.0 Å². The van der Waals surface area contributed by atoms with Crippen molar-refractivity contribution in [3.63, 3.8) is 0 Å². The van der Waals surface area contributed by atoms with E-state index in [2.05, 4.69) is 39.0 Å². The van der Waals surface area contributed by atoms with Crippen LogP contribution in [-0.4, -0.2) is 39.7 Å². The van der Waals surface area contributed by atoms with Gasteiger partial charge in [0.05, 0.1) is 0 Å². The molecule has 1 aliphatic rings. The second kappa shape index (κ2) is 7.77. The molecule has 4 heteroatoms. The molecule has 21 heavy (non-hydrogen) atoms. The zero-order chi connectivity index (χ0) is 16.1. The van der Waals surface area contributed by atoms with Gasteiger partial charge in [-0.05, 0) is 56.2 Å². The summed E-state index contributed by atoms with van der Waals surface area (Å²) in [6, 6.07) is 0. The van der Waals surface area contributed by atoms with Crippen LogP contribution in [0.1, 0.15) is 59.3 Å². The molecule has 1 rings (SSSR count). The van der Waals surface area contributed by atoms with E-state index < -0.39 is 8.32 Å². The molecule has 1 atom stereocenters. The van der Waals surface area contributed by atoms with Gasteiger partial charge in [0.25, 0.3) is 0 Å². The molecule has 1 saturated carbocycles. The maximum absolute atomic E-state index is 6.25. The van der Waals surface area contributed by atoms with Gasteiger partial charge < -0.3 is 9.43 Å². The van der Waals surface area contributed by atoms with Gasteiger partial charge in [0.15, 0.2) is 8.32 Å². The molecule has 1 unspecified atom stereocenters. The molecule has 1 fully saturated rings. The lowest BCUT2D eigenvalue weighted by atomic mass is 9.99. The largest absolute Gasteiger partial charge is 0.417 e. The van der Waals surface area contributed by atoms with Crippen molar-refractivity contribution in [1.82, 2.24) is 5.01 Å². The smallest absolute Gasteiger partial charge is 0.191 e. The highest BCUT2D eigenvalue weighted by Crippen LogP contribution is 2.36. The van der Waals surface area contributed by atoms with E-state index in [9.17, 15) is 0 Å². The van der Waals surface area contributed by atoms with Crippen molar-refractivity contribution in [3.8, 4) is 0 Å². The summed E-state index contributed by atoms with van der Waals surface area (Å²) in [5, 5.41) is 6.93. The maximum atomic E-state index is 6.25. The average Bonchev–Trinajstić information content (AvgIpc) is 2.73. The van der Waals surface area contributed by atoms with Crippen LogP contribution in [0.3, 0.4) is 0 Å². The third kappa shape index (κ3) is 6.11. The second-order valence-corrected chi connectivity index (χ2v) is 12.9. The summed E-state index contributed by atoms with van der Waals surface area (Å²) < 4.78 is 6.25. The first-order chi connectivity index (χ1) is 9.63. The lowest BCUT2D eigenvalue weighted by molar-refractivity contribution is 0.276. The summed E-state index contributed by atoms with van der Waals surface area (Å²) in [7, 11) is 2.49. The highest BCUT2D eigenvalue weighted by molar-refractivity contribution is 6.74. The van der Waals surface area contributed by atoms with E-state index in [1.165, 1.54) is 44.2 Å². The minimum atomic E-state index is -1.55. The summed E-state index contributed by atoms with van der Waals surface area (Å²) in [5.41, 5.74) is 1.42. The lowest BCUT2D eigenvalue weighted by Crippen LogP contribution is -2.40. The first-order valence-electron chi connectivity index (χ1n) is 8.52. The van der Waals surface area contributed by atoms with Gasteiger partial charge in [-0.15, -0.1) is 0 Å². The normalized spacial score (nSPS) is 22.0. The molecule has 3 nitrogen and oxygen atoms in total. The molecule has 0 radical (unpaired) electrons. The van der Waals surface area contributed by atoms with Crippen LogP contribution in [0.5, 0.6) is 0 Å². The monoisotopic (exact) mass is 312 g/mol. The Morgan fingerprint density at radius 1 is 1.24 bits per heavy atom. The Kier molecular flexibility index (Phi) is 6.92. The van der Waals surface area contributed by atoms with Crippen molar-refractivity contribution in [2.45, 2.75) is 77.4 Å². The van der Waals surface area contributed by atoms with E-state index >= 15 is 0 Å². The summed E-state index contributed by atoms with van der Waals surface area (Å²) in [4.78, 5) is 0. The molecule has 0 spiro atoms. The zero-order valence-electron chi connectivity index (χ0n) is 15.3. The fourth-order valence-electron chi connectivity index (χ4n) is 2.64. The number of hydrogen-bond donors (Lipinski definition) is 0. The Labute approximate surface area is 133 Å². The Morgan fingerprint density at radius 3 is 2.48 bits per heavy atom.